The van der Waals surface area contributed by atoms with Crippen molar-refractivity contribution in [3.05, 3.63) is 39.7 Å². The Morgan fingerprint density at radius 3 is 2.62 bits per heavy atom. The van der Waals surface area contributed by atoms with Crippen molar-refractivity contribution in [2.45, 2.75) is 13.0 Å². The second-order valence-electron chi connectivity index (χ2n) is 5.21. The van der Waals surface area contributed by atoms with Crippen LogP contribution in [0, 0.1) is 3.95 Å². The standard InChI is InChI=1S/C16H20N2OS2/c20-16-18(8-4-7-17-9-11-19-12-10-17)15(13-21-16)14-5-2-1-3-6-14/h1-3,5-6,13H,4,7-12H2. The first-order valence-corrected chi connectivity index (χ1v) is 8.67. The van der Waals surface area contributed by atoms with Crippen LogP contribution in [-0.2, 0) is 11.3 Å². The SMILES string of the molecule is S=c1scc(-c2ccccc2)n1CCCN1CCOCC1. The number of morpholine rings is 1. The molecule has 3 rings (SSSR count). The van der Waals surface area contributed by atoms with Crippen LogP contribution in [0.1, 0.15) is 6.42 Å². The van der Waals surface area contributed by atoms with E-state index in [1.165, 1.54) is 11.3 Å². The topological polar surface area (TPSA) is 17.4 Å². The number of nitrogens with zero attached hydrogens (tertiary/aromatic N) is 2. The third kappa shape index (κ3) is 3.80. The number of rotatable bonds is 5. The minimum absolute atomic E-state index is 0.868. The summed E-state index contributed by atoms with van der Waals surface area (Å²) in [5, 5.41) is 2.17. The van der Waals surface area contributed by atoms with E-state index in [4.69, 9.17) is 17.0 Å². The van der Waals surface area contributed by atoms with Crippen molar-refractivity contribution in [1.82, 2.24) is 9.47 Å². The molecule has 0 unspecified atom stereocenters. The molecule has 0 N–H and O–H groups in total. The summed E-state index contributed by atoms with van der Waals surface area (Å²) in [5.74, 6) is 0. The van der Waals surface area contributed by atoms with Gasteiger partial charge in [0.15, 0.2) is 3.95 Å². The van der Waals surface area contributed by atoms with E-state index in [1.807, 2.05) is 6.07 Å². The summed E-state index contributed by atoms with van der Waals surface area (Å²) in [4.78, 5) is 2.47. The predicted molar refractivity (Wildman–Crippen MR) is 90.5 cm³/mol. The summed E-state index contributed by atoms with van der Waals surface area (Å²) in [5.41, 5.74) is 2.49. The Morgan fingerprint density at radius 1 is 1.10 bits per heavy atom. The second kappa shape index (κ2) is 7.31. The van der Waals surface area contributed by atoms with Gasteiger partial charge in [-0.05, 0) is 24.2 Å². The predicted octanol–water partition coefficient (Wildman–Crippen LogP) is 3.67. The van der Waals surface area contributed by atoms with Crippen LogP contribution in [-0.4, -0.2) is 42.3 Å². The average Bonchev–Trinajstić information content (AvgIpc) is 2.91. The van der Waals surface area contributed by atoms with Gasteiger partial charge in [0.1, 0.15) is 0 Å². The third-order valence-corrected chi connectivity index (χ3v) is 5.08. The lowest BCUT2D eigenvalue weighted by Crippen LogP contribution is -2.37. The fourth-order valence-corrected chi connectivity index (χ4v) is 3.78. The zero-order chi connectivity index (χ0) is 14.5. The van der Waals surface area contributed by atoms with Gasteiger partial charge in [0.25, 0.3) is 0 Å². The quantitative estimate of drug-likeness (QED) is 0.783. The van der Waals surface area contributed by atoms with E-state index in [0.717, 1.165) is 49.8 Å². The molecule has 0 radical (unpaired) electrons. The summed E-state index contributed by atoms with van der Waals surface area (Å²) in [6, 6.07) is 10.5. The third-order valence-electron chi connectivity index (χ3n) is 3.81. The van der Waals surface area contributed by atoms with E-state index in [9.17, 15) is 0 Å². The molecule has 0 amide bonds. The maximum Gasteiger partial charge on any atom is 0.161 e. The van der Waals surface area contributed by atoms with Crippen LogP contribution in [0.25, 0.3) is 11.3 Å². The lowest BCUT2D eigenvalue weighted by molar-refractivity contribution is 0.0369. The Morgan fingerprint density at radius 2 is 1.86 bits per heavy atom. The molecular formula is C16H20N2OS2. The molecule has 21 heavy (non-hydrogen) atoms. The summed E-state index contributed by atoms with van der Waals surface area (Å²) in [6.45, 7) is 5.96. The molecular weight excluding hydrogens is 300 g/mol. The van der Waals surface area contributed by atoms with Crippen LogP contribution in [0.5, 0.6) is 0 Å². The lowest BCUT2D eigenvalue weighted by atomic mass is 10.2. The lowest BCUT2D eigenvalue weighted by Gasteiger charge is -2.26. The second-order valence-corrected chi connectivity index (χ2v) is 6.72. The first kappa shape index (κ1) is 14.9. The smallest absolute Gasteiger partial charge is 0.161 e. The Hall–Kier alpha value is -1.01. The van der Waals surface area contributed by atoms with Crippen LogP contribution in [0.15, 0.2) is 35.7 Å². The highest BCUT2D eigenvalue weighted by atomic mass is 32.1. The van der Waals surface area contributed by atoms with Gasteiger partial charge >= 0.3 is 0 Å². The Labute approximate surface area is 134 Å². The van der Waals surface area contributed by atoms with Crippen LogP contribution >= 0.6 is 23.6 Å². The molecule has 1 fully saturated rings. The van der Waals surface area contributed by atoms with Gasteiger partial charge < -0.3 is 9.30 Å². The zero-order valence-electron chi connectivity index (χ0n) is 12.0. The largest absolute Gasteiger partial charge is 0.379 e. The summed E-state index contributed by atoms with van der Waals surface area (Å²) < 4.78 is 8.63. The molecule has 0 spiro atoms. The molecule has 5 heteroatoms. The molecule has 3 nitrogen and oxygen atoms in total. The maximum absolute atomic E-state index is 5.49. The number of benzene rings is 1. The van der Waals surface area contributed by atoms with Crippen molar-refractivity contribution < 1.29 is 4.74 Å². The van der Waals surface area contributed by atoms with Gasteiger partial charge in [0.05, 0.1) is 18.9 Å². The highest BCUT2D eigenvalue weighted by molar-refractivity contribution is 7.73. The van der Waals surface area contributed by atoms with Gasteiger partial charge in [-0.25, -0.2) is 0 Å². The van der Waals surface area contributed by atoms with Gasteiger partial charge in [-0.3, -0.25) is 4.90 Å². The minimum Gasteiger partial charge on any atom is -0.379 e. The number of ether oxygens (including phenoxy) is 1. The molecule has 112 valence electrons. The van der Waals surface area contributed by atoms with Crippen molar-refractivity contribution in [3.63, 3.8) is 0 Å². The van der Waals surface area contributed by atoms with E-state index >= 15 is 0 Å². The van der Waals surface area contributed by atoms with E-state index in [-0.39, 0.29) is 0 Å². The van der Waals surface area contributed by atoms with Gasteiger partial charge in [-0.2, -0.15) is 0 Å². The molecule has 2 heterocycles. The molecule has 0 aliphatic carbocycles. The normalized spacial score (nSPS) is 16.2. The Balaban J connectivity index is 1.65. The molecule has 1 saturated heterocycles. The molecule has 1 aromatic carbocycles. The summed E-state index contributed by atoms with van der Waals surface area (Å²) in [6.07, 6.45) is 1.13. The minimum atomic E-state index is 0.868. The molecule has 1 aliphatic rings. The molecule has 0 atom stereocenters. The van der Waals surface area contributed by atoms with Crippen LogP contribution in [0.4, 0.5) is 0 Å². The van der Waals surface area contributed by atoms with E-state index in [0.29, 0.717) is 0 Å². The molecule has 1 aromatic heterocycles. The van der Waals surface area contributed by atoms with Crippen LogP contribution in [0.2, 0.25) is 0 Å². The van der Waals surface area contributed by atoms with Crippen molar-refractivity contribution in [2.24, 2.45) is 0 Å². The van der Waals surface area contributed by atoms with Gasteiger partial charge in [-0.15, -0.1) is 11.3 Å². The molecule has 2 aromatic rings. The van der Waals surface area contributed by atoms with Crippen molar-refractivity contribution in [2.75, 3.05) is 32.8 Å². The number of aromatic nitrogens is 1. The summed E-state index contributed by atoms with van der Waals surface area (Å²) in [7, 11) is 0. The fourth-order valence-electron chi connectivity index (χ4n) is 2.65. The molecule has 0 bridgehead atoms. The highest BCUT2D eigenvalue weighted by Crippen LogP contribution is 2.24. The van der Waals surface area contributed by atoms with Gasteiger partial charge in [0, 0.05) is 31.6 Å². The fraction of sp³-hybridized carbons (Fsp3) is 0.438. The summed E-state index contributed by atoms with van der Waals surface area (Å²) >= 11 is 7.15. The van der Waals surface area contributed by atoms with Crippen molar-refractivity contribution >= 4 is 23.6 Å². The van der Waals surface area contributed by atoms with Crippen molar-refractivity contribution in [1.29, 1.82) is 0 Å². The first-order valence-electron chi connectivity index (χ1n) is 7.38. The highest BCUT2D eigenvalue weighted by Gasteiger charge is 2.11. The van der Waals surface area contributed by atoms with E-state index in [1.54, 1.807) is 11.3 Å². The van der Waals surface area contributed by atoms with Crippen LogP contribution < -0.4 is 0 Å². The number of hydrogen-bond acceptors (Lipinski definition) is 4. The molecule has 1 aliphatic heterocycles. The maximum atomic E-state index is 5.49. The Kier molecular flexibility index (Phi) is 5.19. The van der Waals surface area contributed by atoms with Gasteiger partial charge in [-0.1, -0.05) is 30.3 Å². The number of hydrogen-bond donors (Lipinski definition) is 0. The Bertz CT molecular complexity index is 615. The van der Waals surface area contributed by atoms with Crippen molar-refractivity contribution in [3.8, 4) is 11.3 Å². The zero-order valence-corrected chi connectivity index (χ0v) is 13.7. The number of thiazole rings is 1. The molecule has 0 saturated carbocycles. The van der Waals surface area contributed by atoms with E-state index < -0.39 is 0 Å². The monoisotopic (exact) mass is 320 g/mol. The van der Waals surface area contributed by atoms with Crippen LogP contribution in [0.3, 0.4) is 0 Å². The average molecular weight is 320 g/mol. The van der Waals surface area contributed by atoms with Gasteiger partial charge in [0.2, 0.25) is 0 Å². The first-order chi connectivity index (χ1) is 10.3. The van der Waals surface area contributed by atoms with E-state index in [2.05, 4.69) is 39.1 Å².